The molecule has 0 saturated carbocycles. The number of hydrogen-bond acceptors (Lipinski definition) is 9. The summed E-state index contributed by atoms with van der Waals surface area (Å²) in [5.74, 6) is 3.21. The van der Waals surface area contributed by atoms with E-state index in [1.807, 2.05) is 35.2 Å². The number of carbonyl (C=O) groups is 1. The molecule has 2 aromatic heterocycles. The van der Waals surface area contributed by atoms with Gasteiger partial charge in [-0.1, -0.05) is 23.7 Å². The third-order valence-corrected chi connectivity index (χ3v) is 7.07. The Morgan fingerprint density at radius 1 is 1.12 bits per heavy atom. The van der Waals surface area contributed by atoms with Crippen LogP contribution in [0.4, 0.5) is 11.8 Å². The van der Waals surface area contributed by atoms with E-state index in [0.717, 1.165) is 16.9 Å². The third-order valence-electron chi connectivity index (χ3n) is 6.78. The highest BCUT2D eigenvalue weighted by molar-refractivity contribution is 6.32. The van der Waals surface area contributed by atoms with Gasteiger partial charge in [-0.25, -0.2) is 4.98 Å². The molecule has 1 amide bonds. The summed E-state index contributed by atoms with van der Waals surface area (Å²) in [6, 6.07) is 14.8. The summed E-state index contributed by atoms with van der Waals surface area (Å²) in [6.07, 6.45) is 3.65. The molecule has 0 spiro atoms. The van der Waals surface area contributed by atoms with Crippen molar-refractivity contribution in [2.24, 2.45) is 0 Å². The summed E-state index contributed by atoms with van der Waals surface area (Å²) in [5, 5.41) is 3.66. The number of ether oxygens (including phenoxy) is 3. The Hall–Kier alpha value is -4.51. The molecule has 206 valence electrons. The normalized spacial score (nSPS) is 16.7. The number of aromatic amines is 1. The van der Waals surface area contributed by atoms with Gasteiger partial charge in [-0.05, 0) is 30.3 Å². The topological polar surface area (TPSA) is 118 Å². The Morgan fingerprint density at radius 2 is 1.98 bits per heavy atom. The molecule has 6 rings (SSSR count). The second kappa shape index (κ2) is 11.3. The number of fused-ring (bicyclic) bond motifs is 1. The fourth-order valence-corrected chi connectivity index (χ4v) is 4.88. The largest absolute Gasteiger partial charge is 0.497 e. The molecule has 1 fully saturated rings. The van der Waals surface area contributed by atoms with E-state index >= 15 is 0 Å². The number of benzene rings is 2. The average Bonchev–Trinajstić information content (AvgIpc) is 3.67. The van der Waals surface area contributed by atoms with Crippen LogP contribution in [0.1, 0.15) is 12.2 Å². The second-order valence-corrected chi connectivity index (χ2v) is 9.79. The Morgan fingerprint density at radius 3 is 2.73 bits per heavy atom. The molecule has 0 aliphatic carbocycles. The van der Waals surface area contributed by atoms with Gasteiger partial charge in [0.15, 0.2) is 6.10 Å². The van der Waals surface area contributed by atoms with Gasteiger partial charge in [0.25, 0.3) is 5.91 Å². The third kappa shape index (κ3) is 5.59. The first-order valence-electron chi connectivity index (χ1n) is 13.0. The molecule has 1 atom stereocenters. The Bertz CT molecular complexity index is 1510. The average molecular weight is 562 g/mol. The SMILES string of the molecule is COc1ccc(Oc2cc(N3CCN(C(=O)C4CC=CO4)CC3)nc(NCc3nc4ccccc4[nH]3)n2)c(Cl)c1. The Kier molecular flexibility index (Phi) is 7.28. The predicted octanol–water partition coefficient (Wildman–Crippen LogP) is 4.37. The molecule has 0 radical (unpaired) electrons. The van der Waals surface area contributed by atoms with Gasteiger partial charge in [0, 0.05) is 44.7 Å². The van der Waals surface area contributed by atoms with Gasteiger partial charge >= 0.3 is 0 Å². The maximum absolute atomic E-state index is 12.8. The number of nitrogens with zero attached hydrogens (tertiary/aromatic N) is 5. The van der Waals surface area contributed by atoms with Gasteiger partial charge in [-0.15, -0.1) is 0 Å². The fraction of sp³-hybridized carbons (Fsp3) is 0.286. The zero-order valence-electron chi connectivity index (χ0n) is 21.8. The lowest BCUT2D eigenvalue weighted by atomic mass is 10.2. The van der Waals surface area contributed by atoms with E-state index in [1.165, 1.54) is 0 Å². The molecule has 12 heteroatoms. The number of methoxy groups -OCH3 is 1. The number of H-pyrrole nitrogens is 1. The van der Waals surface area contributed by atoms with Gasteiger partial charge in [0.2, 0.25) is 11.8 Å². The smallest absolute Gasteiger partial charge is 0.264 e. The summed E-state index contributed by atoms with van der Waals surface area (Å²) >= 11 is 6.43. The van der Waals surface area contributed by atoms with Crippen LogP contribution in [0, 0.1) is 0 Å². The predicted molar refractivity (Wildman–Crippen MR) is 151 cm³/mol. The minimum absolute atomic E-state index is 0.0127. The van der Waals surface area contributed by atoms with E-state index in [-0.39, 0.29) is 5.91 Å². The summed E-state index contributed by atoms with van der Waals surface area (Å²) in [4.78, 5) is 34.0. The van der Waals surface area contributed by atoms with Crippen molar-refractivity contribution in [1.29, 1.82) is 0 Å². The summed E-state index contributed by atoms with van der Waals surface area (Å²) in [6.45, 7) is 2.72. The molecular formula is C28H28ClN7O4. The number of aromatic nitrogens is 4. The van der Waals surface area contributed by atoms with Crippen LogP contribution in [0.15, 0.2) is 60.9 Å². The molecule has 0 bridgehead atoms. The van der Waals surface area contributed by atoms with Crippen LogP contribution in [0.25, 0.3) is 11.0 Å². The van der Waals surface area contributed by atoms with Gasteiger partial charge in [0.05, 0.1) is 36.0 Å². The van der Waals surface area contributed by atoms with Crippen molar-refractivity contribution in [3.63, 3.8) is 0 Å². The number of carbonyl (C=O) groups excluding carboxylic acids is 1. The van der Waals surface area contributed by atoms with Gasteiger partial charge in [-0.3, -0.25) is 4.79 Å². The molecule has 2 aliphatic heterocycles. The van der Waals surface area contributed by atoms with Crippen molar-refractivity contribution in [2.75, 3.05) is 43.5 Å². The number of imidazole rings is 1. The Labute approximate surface area is 235 Å². The van der Waals surface area contributed by atoms with Crippen molar-refractivity contribution in [1.82, 2.24) is 24.8 Å². The highest BCUT2D eigenvalue weighted by Gasteiger charge is 2.30. The van der Waals surface area contributed by atoms with Crippen molar-refractivity contribution in [3.8, 4) is 17.4 Å². The zero-order chi connectivity index (χ0) is 27.5. The first-order chi connectivity index (χ1) is 19.6. The van der Waals surface area contributed by atoms with Crippen molar-refractivity contribution in [3.05, 3.63) is 71.7 Å². The van der Waals surface area contributed by atoms with E-state index in [9.17, 15) is 4.79 Å². The molecule has 2 aromatic carbocycles. The van der Waals surface area contributed by atoms with E-state index < -0.39 is 6.10 Å². The molecule has 4 heterocycles. The maximum atomic E-state index is 12.8. The summed E-state index contributed by atoms with van der Waals surface area (Å²) < 4.78 is 16.7. The number of anilines is 2. The molecule has 11 nitrogen and oxygen atoms in total. The number of piperazine rings is 1. The lowest BCUT2D eigenvalue weighted by molar-refractivity contribution is -0.139. The highest BCUT2D eigenvalue weighted by Crippen LogP contribution is 2.33. The number of rotatable bonds is 8. The number of hydrogen-bond donors (Lipinski definition) is 2. The van der Waals surface area contributed by atoms with E-state index in [1.54, 1.807) is 37.6 Å². The number of amides is 1. The monoisotopic (exact) mass is 561 g/mol. The molecule has 2 aliphatic rings. The van der Waals surface area contributed by atoms with Crippen molar-refractivity contribution < 1.29 is 19.0 Å². The van der Waals surface area contributed by atoms with Gasteiger partial charge < -0.3 is 34.3 Å². The van der Waals surface area contributed by atoms with Crippen LogP contribution < -0.4 is 19.7 Å². The molecule has 40 heavy (non-hydrogen) atoms. The standard InChI is InChI=1S/C28H28ClN7O4/c1-38-18-8-9-22(19(29)15-18)40-26-16-25(35-10-12-36(13-11-35)27(37)23-7-4-14-39-23)33-28(34-26)30-17-24-31-20-5-2-3-6-21(20)32-24/h2-6,8-9,14-16,23H,7,10-13,17H2,1H3,(H,31,32)(H,30,33,34). The summed E-state index contributed by atoms with van der Waals surface area (Å²) in [7, 11) is 1.58. The number of para-hydroxylation sites is 2. The molecular weight excluding hydrogens is 534 g/mol. The minimum atomic E-state index is -0.422. The second-order valence-electron chi connectivity index (χ2n) is 9.39. The van der Waals surface area contributed by atoms with Crippen LogP contribution in [-0.2, 0) is 16.1 Å². The van der Waals surface area contributed by atoms with Crippen molar-refractivity contribution >= 4 is 40.3 Å². The van der Waals surface area contributed by atoms with Crippen LogP contribution in [0.5, 0.6) is 17.4 Å². The van der Waals surface area contributed by atoms with E-state index in [0.29, 0.717) is 73.3 Å². The lowest BCUT2D eigenvalue weighted by Gasteiger charge is -2.36. The summed E-state index contributed by atoms with van der Waals surface area (Å²) in [5.41, 5.74) is 1.84. The van der Waals surface area contributed by atoms with Crippen molar-refractivity contribution in [2.45, 2.75) is 19.1 Å². The Balaban J connectivity index is 1.21. The highest BCUT2D eigenvalue weighted by atomic mass is 35.5. The first kappa shape index (κ1) is 25.8. The number of nitrogens with one attached hydrogen (secondary N) is 2. The lowest BCUT2D eigenvalue weighted by Crippen LogP contribution is -2.51. The molecule has 1 saturated heterocycles. The van der Waals surface area contributed by atoms with Crippen LogP contribution >= 0.6 is 11.6 Å². The van der Waals surface area contributed by atoms with E-state index in [2.05, 4.69) is 25.2 Å². The number of halogens is 1. The quantitative estimate of drug-likeness (QED) is 0.323. The van der Waals surface area contributed by atoms with Crippen LogP contribution in [-0.4, -0.2) is 70.1 Å². The molecule has 1 unspecified atom stereocenters. The zero-order valence-corrected chi connectivity index (χ0v) is 22.6. The van der Waals surface area contributed by atoms with Gasteiger partial charge in [-0.2, -0.15) is 9.97 Å². The molecule has 4 aromatic rings. The molecule has 2 N–H and O–H groups in total. The fourth-order valence-electron chi connectivity index (χ4n) is 4.67. The van der Waals surface area contributed by atoms with Crippen LogP contribution in [0.2, 0.25) is 5.02 Å². The van der Waals surface area contributed by atoms with Crippen LogP contribution in [0.3, 0.4) is 0 Å². The minimum Gasteiger partial charge on any atom is -0.497 e. The first-order valence-corrected chi connectivity index (χ1v) is 13.4. The maximum Gasteiger partial charge on any atom is 0.264 e. The van der Waals surface area contributed by atoms with Gasteiger partial charge in [0.1, 0.15) is 23.1 Å². The van der Waals surface area contributed by atoms with E-state index in [4.69, 9.17) is 30.8 Å².